The smallest absolute Gasteiger partial charge is 0.550 e. The largest absolute Gasteiger partial charge is 1.00 e. The van der Waals surface area contributed by atoms with Gasteiger partial charge in [-0.1, -0.05) is 0 Å². The number of carboxylic acid groups (broad SMARTS) is 3. The minimum Gasteiger partial charge on any atom is -0.550 e. The molecule has 11 nitrogen and oxygen atoms in total. The normalized spacial score (nSPS) is 8.68. The summed E-state index contributed by atoms with van der Waals surface area (Å²) >= 11 is 0. The molecule has 13 heteroatoms. The molecule has 0 spiro atoms. The van der Waals surface area contributed by atoms with Crippen LogP contribution in [0.3, 0.4) is 0 Å². The molecule has 0 saturated carbocycles. The third-order valence-corrected chi connectivity index (χ3v) is 1.27. The van der Waals surface area contributed by atoms with Gasteiger partial charge in [0.1, 0.15) is 0 Å². The van der Waals surface area contributed by atoms with E-state index in [-0.39, 0.29) is 51.9 Å². The second-order valence-corrected chi connectivity index (χ2v) is 2.67. The van der Waals surface area contributed by atoms with E-state index in [1.165, 1.54) is 0 Å². The summed E-state index contributed by atoms with van der Waals surface area (Å²) < 4.78 is 0. The Hall–Kier alpha value is -0.690. The molecule has 108 valence electrons. The quantitative estimate of drug-likeness (QED) is 0.232. The van der Waals surface area contributed by atoms with Gasteiger partial charge in [-0.15, -0.1) is 10.1 Å². The second kappa shape index (κ2) is 12.3. The zero-order valence-electron chi connectivity index (χ0n) is 9.36. The molecule has 3 N–H and O–H groups in total. The average Bonchev–Trinajstić information content (AvgIpc) is 1.98. The maximum atomic E-state index is 10.3. The first-order valence-electron chi connectivity index (χ1n) is 3.70. The predicted molar refractivity (Wildman–Crippen MR) is 40.6 cm³/mol. The van der Waals surface area contributed by atoms with E-state index >= 15 is 0 Å². The van der Waals surface area contributed by atoms with Gasteiger partial charge in [-0.2, -0.15) is 0 Å². The van der Waals surface area contributed by atoms with E-state index < -0.39 is 41.4 Å². The van der Waals surface area contributed by atoms with Crippen LogP contribution in [0.5, 0.6) is 0 Å². The molecule has 0 unspecified atom stereocenters. The molecule has 0 saturated heterocycles. The molecule has 0 bridgehead atoms. The molecule has 0 aromatic carbocycles. The maximum absolute atomic E-state index is 10.3. The number of rotatable bonds is 5. The molecule has 0 aliphatic carbocycles. The molecule has 19 heavy (non-hydrogen) atoms. The van der Waals surface area contributed by atoms with Gasteiger partial charge in [-0.3, -0.25) is 0 Å². The van der Waals surface area contributed by atoms with Gasteiger partial charge < -0.3 is 35.2 Å². The first kappa shape index (κ1) is 26.8. The number of aliphatic carboxylic acids is 3. The van der Waals surface area contributed by atoms with Crippen LogP contribution in [0.25, 0.3) is 0 Å². The fourth-order valence-electron chi connectivity index (χ4n) is 0.691. The molecule has 0 aliphatic heterocycles. The van der Waals surface area contributed by atoms with Gasteiger partial charge in [0, 0.05) is 24.8 Å². The van der Waals surface area contributed by atoms with Gasteiger partial charge in [0.2, 0.25) is 0 Å². The predicted octanol–water partition coefficient (Wildman–Crippen LogP) is -7.26. The van der Waals surface area contributed by atoms with Crippen LogP contribution in [-0.2, 0) is 36.8 Å². The molecule has 0 aliphatic rings. The van der Waals surface area contributed by atoms with E-state index in [0.717, 1.165) is 0 Å². The summed E-state index contributed by atoms with van der Waals surface area (Å²) in [6.45, 7) is 0. The van der Waals surface area contributed by atoms with Crippen LogP contribution in [0.2, 0.25) is 0 Å². The average molecular weight is 384 g/mol. The van der Waals surface area contributed by atoms with E-state index in [2.05, 4.69) is 0 Å². The minimum atomic E-state index is -2.86. The third kappa shape index (κ3) is 17.3. The van der Waals surface area contributed by atoms with Crippen molar-refractivity contribution in [3.8, 4) is 0 Å². The van der Waals surface area contributed by atoms with E-state index in [4.69, 9.17) is 25.5 Å². The van der Waals surface area contributed by atoms with Crippen LogP contribution in [0, 0.1) is 10.1 Å². The van der Waals surface area contributed by atoms with Gasteiger partial charge in [0.25, 0.3) is 5.09 Å². The van der Waals surface area contributed by atoms with Crippen molar-refractivity contribution in [3.05, 3.63) is 10.1 Å². The molecule has 0 amide bonds. The summed E-state index contributed by atoms with van der Waals surface area (Å²) in [4.78, 5) is 38.5. The Morgan fingerprint density at radius 1 is 1.11 bits per heavy atom. The number of nitrogens with zero attached hydrogens (tertiary/aromatic N) is 1. The van der Waals surface area contributed by atoms with Crippen molar-refractivity contribution < 1.29 is 97.0 Å². The Morgan fingerprint density at radius 2 is 1.32 bits per heavy atom. The van der Waals surface area contributed by atoms with Crippen molar-refractivity contribution in [3.63, 3.8) is 0 Å². The monoisotopic (exact) mass is 383 g/mol. The Kier molecular flexibility index (Phi) is 17.4. The summed E-state index contributed by atoms with van der Waals surface area (Å²) in [7, 11) is 0. The van der Waals surface area contributed by atoms with E-state index in [1.54, 1.807) is 0 Å². The van der Waals surface area contributed by atoms with Crippen molar-refractivity contribution in [2.75, 3.05) is 0 Å². The van der Waals surface area contributed by atoms with Gasteiger partial charge in [0.05, 0.1) is 0 Å². The molecular weight excluding hydrogens is 377 g/mol. The second-order valence-electron chi connectivity index (χ2n) is 2.67. The van der Waals surface area contributed by atoms with Crippen molar-refractivity contribution in [2.45, 2.75) is 18.4 Å². The van der Waals surface area contributed by atoms with E-state index in [9.17, 15) is 24.6 Å². The van der Waals surface area contributed by atoms with Crippen molar-refractivity contribution in [1.82, 2.24) is 0 Å². The topological polar surface area (TPSA) is 201 Å². The summed E-state index contributed by atoms with van der Waals surface area (Å²) in [5, 5.41) is 50.8. The minimum absolute atomic E-state index is 0. The molecule has 0 radical (unpaired) electrons. The maximum Gasteiger partial charge on any atom is 1.00 e. The Bertz CT molecular complexity index is 314. The fraction of sp³-hybridized carbons (Fsp3) is 0.500. The number of carboxylic acids is 3. The SMILES string of the molecule is O=C([O-])CC(O)(CC(=O)[O-])C(=O)O.O=[N+]([O-])O.[Ag+].[Na+]. The summed E-state index contributed by atoms with van der Waals surface area (Å²) in [6, 6.07) is 0. The zero-order chi connectivity index (χ0) is 14.2. The first-order chi connectivity index (χ1) is 7.51. The van der Waals surface area contributed by atoms with Crippen LogP contribution in [0.1, 0.15) is 12.8 Å². The number of carbonyl (C=O) groups excluding carboxylic acids is 2. The van der Waals surface area contributed by atoms with Gasteiger partial charge in [0.15, 0.2) is 5.60 Å². The van der Waals surface area contributed by atoms with E-state index in [0.29, 0.717) is 0 Å². The Labute approximate surface area is 143 Å². The van der Waals surface area contributed by atoms with Crippen LogP contribution in [-0.4, -0.2) is 44.0 Å². The van der Waals surface area contributed by atoms with Crippen molar-refractivity contribution in [2.24, 2.45) is 0 Å². The number of aliphatic hydroxyl groups is 1. The van der Waals surface area contributed by atoms with Crippen LogP contribution < -0.4 is 39.8 Å². The molecule has 0 aromatic rings. The standard InChI is InChI=1S/C6H8O7.Ag.HNO3.Na/c7-3(8)1-6(13,5(11)12)2-4(9)10;;2-1(3)4;/h13H,1-2H2,(H,7,8)(H,9,10)(H,11,12);;(H,2,3,4);/q;+1;;+1/p-2. The van der Waals surface area contributed by atoms with Crippen LogP contribution >= 0.6 is 0 Å². The van der Waals surface area contributed by atoms with Crippen LogP contribution in [0.4, 0.5) is 0 Å². The number of hydrogen-bond donors (Lipinski definition) is 3. The molecule has 0 aromatic heterocycles. The van der Waals surface area contributed by atoms with Crippen LogP contribution in [0.15, 0.2) is 0 Å². The first-order valence-corrected chi connectivity index (χ1v) is 3.70. The molecule has 0 fully saturated rings. The number of hydrogen-bond acceptors (Lipinski definition) is 8. The Balaban J connectivity index is -0.000000165. The van der Waals surface area contributed by atoms with Crippen molar-refractivity contribution >= 4 is 17.9 Å². The summed E-state index contributed by atoms with van der Waals surface area (Å²) in [5.74, 6) is -5.65. The Morgan fingerprint density at radius 3 is 1.42 bits per heavy atom. The van der Waals surface area contributed by atoms with E-state index in [1.807, 2.05) is 0 Å². The fourth-order valence-corrected chi connectivity index (χ4v) is 0.691. The van der Waals surface area contributed by atoms with Gasteiger partial charge in [-0.05, 0) is 0 Å². The third-order valence-electron chi connectivity index (χ3n) is 1.27. The molecule has 0 atom stereocenters. The zero-order valence-corrected chi connectivity index (χ0v) is 12.8. The summed E-state index contributed by atoms with van der Waals surface area (Å²) in [6.07, 6.45) is -2.59. The molecule has 0 heterocycles. The summed E-state index contributed by atoms with van der Waals surface area (Å²) in [5.41, 5.74) is -2.86. The molecular formula is C6H7AgNNaO10. The molecule has 0 rings (SSSR count). The number of carbonyl (C=O) groups is 3. The van der Waals surface area contributed by atoms with Gasteiger partial charge in [-0.25, -0.2) is 4.79 Å². The van der Waals surface area contributed by atoms with Crippen molar-refractivity contribution in [1.29, 1.82) is 0 Å². The van der Waals surface area contributed by atoms with Gasteiger partial charge >= 0.3 is 57.9 Å².